The number of methoxy groups -OCH3 is 1. The highest BCUT2D eigenvalue weighted by molar-refractivity contribution is 5.83. The highest BCUT2D eigenvalue weighted by Crippen LogP contribution is 2.36. The van der Waals surface area contributed by atoms with Gasteiger partial charge in [-0.25, -0.2) is 33.6 Å². The zero-order valence-electron chi connectivity index (χ0n) is 55.5. The molecule has 2 N–H and O–H groups in total. The van der Waals surface area contributed by atoms with Crippen molar-refractivity contribution in [1.82, 2.24) is 0 Å². The summed E-state index contributed by atoms with van der Waals surface area (Å²) in [7, 11) is 1.46. The van der Waals surface area contributed by atoms with Gasteiger partial charge in [0.15, 0.2) is 0 Å². The van der Waals surface area contributed by atoms with E-state index in [1.807, 2.05) is 66.7 Å². The Bertz CT molecular complexity index is 2930. The number of aliphatic hydroxyl groups is 2. The van der Waals surface area contributed by atoms with Crippen LogP contribution in [-0.4, -0.2) is 170 Å². The van der Waals surface area contributed by atoms with E-state index >= 15 is 0 Å². The monoisotopic (exact) mass is 1320 g/mol. The molecular formula is C72H92O23. The summed E-state index contributed by atoms with van der Waals surface area (Å²) in [5.41, 5.74) is 5.20. The van der Waals surface area contributed by atoms with Crippen molar-refractivity contribution in [2.24, 2.45) is 0 Å². The maximum Gasteiger partial charge on any atom is 0.330 e. The fraction of sp³-hybridized carbons (Fsp3) is 0.375. The molecule has 23 heteroatoms. The number of hydrogen-bond donors (Lipinski definition) is 2. The first-order valence-corrected chi connectivity index (χ1v) is 29.9. The van der Waals surface area contributed by atoms with Gasteiger partial charge in [-0.1, -0.05) is 147 Å². The zero-order chi connectivity index (χ0) is 71.1. The summed E-state index contributed by atoms with van der Waals surface area (Å²) in [4.78, 5) is 76.7. The molecule has 0 aliphatic rings. The summed E-state index contributed by atoms with van der Waals surface area (Å²) in [6.07, 6.45) is 6.03. The molecule has 0 fully saturated rings. The summed E-state index contributed by atoms with van der Waals surface area (Å²) in [6, 6.07) is 31.9. The van der Waals surface area contributed by atoms with Crippen LogP contribution < -0.4 is 14.2 Å². The lowest BCUT2D eigenvalue weighted by molar-refractivity contribution is -0.385. The number of benzene rings is 4. The first-order chi connectivity index (χ1) is 45.3. The molecule has 0 spiro atoms. The predicted molar refractivity (Wildman–Crippen MR) is 354 cm³/mol. The second-order valence-corrected chi connectivity index (χ2v) is 20.6. The number of carbonyl (C=O) groups excluding carboxylic acids is 7. The molecule has 0 bridgehead atoms. The van der Waals surface area contributed by atoms with E-state index in [0.717, 1.165) is 59.2 Å². The van der Waals surface area contributed by atoms with Gasteiger partial charge in [0.05, 0.1) is 26.4 Å². The summed E-state index contributed by atoms with van der Waals surface area (Å²) in [5, 5.41) is 18.8. The molecule has 2 unspecified atom stereocenters. The topological polar surface area (TPSA) is 289 Å². The van der Waals surface area contributed by atoms with Gasteiger partial charge in [0, 0.05) is 66.9 Å². The Morgan fingerprint density at radius 3 is 0.979 bits per heavy atom. The highest BCUT2D eigenvalue weighted by Gasteiger charge is 2.32. The molecule has 2 atom stereocenters. The fourth-order valence-corrected chi connectivity index (χ4v) is 7.59. The van der Waals surface area contributed by atoms with Gasteiger partial charge < -0.3 is 76.5 Å². The van der Waals surface area contributed by atoms with Gasteiger partial charge in [-0.15, -0.1) is 0 Å². The van der Waals surface area contributed by atoms with Crippen molar-refractivity contribution in [3.8, 4) is 17.2 Å². The predicted octanol–water partition coefficient (Wildman–Crippen LogP) is 9.03. The molecular weight excluding hydrogens is 1230 g/mol. The first kappa shape index (κ1) is 83.5. The number of ether oxygens (including phenoxy) is 14. The number of rotatable bonds is 41. The average Bonchev–Trinajstić information content (AvgIpc) is 0.826. The van der Waals surface area contributed by atoms with E-state index in [4.69, 9.17) is 61.9 Å². The lowest BCUT2D eigenvalue weighted by atomic mass is 9.78. The van der Waals surface area contributed by atoms with E-state index in [9.17, 15) is 38.7 Å². The molecule has 95 heavy (non-hydrogen) atoms. The maximum atomic E-state index is 11.1. The Morgan fingerprint density at radius 1 is 0.389 bits per heavy atom. The highest BCUT2D eigenvalue weighted by atomic mass is 16.9. The van der Waals surface area contributed by atoms with E-state index in [1.54, 1.807) is 6.92 Å². The second-order valence-electron chi connectivity index (χ2n) is 20.6. The summed E-state index contributed by atoms with van der Waals surface area (Å²) in [6.45, 7) is 36.1. The van der Waals surface area contributed by atoms with Crippen molar-refractivity contribution in [2.75, 3.05) is 99.6 Å². The Hall–Kier alpha value is -9.49. The Balaban J connectivity index is 0.000000662. The van der Waals surface area contributed by atoms with Gasteiger partial charge in [0.1, 0.15) is 95.5 Å². The van der Waals surface area contributed by atoms with E-state index in [0.29, 0.717) is 17.2 Å². The molecule has 518 valence electrons. The number of aliphatic hydroxyl groups excluding tert-OH is 2. The summed E-state index contributed by atoms with van der Waals surface area (Å²) < 4.78 is 72.0. The van der Waals surface area contributed by atoms with Gasteiger partial charge >= 0.3 is 41.8 Å². The molecule has 0 aliphatic carbocycles. The molecule has 0 heterocycles. The lowest BCUT2D eigenvalue weighted by Gasteiger charge is -2.32. The first-order valence-electron chi connectivity index (χ1n) is 29.9. The van der Waals surface area contributed by atoms with E-state index in [1.165, 1.54) is 18.2 Å². The van der Waals surface area contributed by atoms with Crippen LogP contribution in [0.2, 0.25) is 0 Å². The number of aryl methyl sites for hydroxylation is 1. The summed E-state index contributed by atoms with van der Waals surface area (Å²) in [5.74, 6) is -3.27. The second kappa shape index (κ2) is 47.4. The van der Waals surface area contributed by atoms with Crippen LogP contribution in [0.15, 0.2) is 186 Å². The van der Waals surface area contributed by atoms with Gasteiger partial charge in [-0.05, 0) is 65.6 Å². The molecule has 0 amide bonds. The van der Waals surface area contributed by atoms with Crippen LogP contribution in [0.1, 0.15) is 68.9 Å². The molecule has 0 radical (unpaired) electrons. The van der Waals surface area contributed by atoms with E-state index < -0.39 is 60.0 Å². The van der Waals surface area contributed by atoms with Gasteiger partial charge in [0.2, 0.25) is 0 Å². The molecule has 0 aromatic heterocycles. The van der Waals surface area contributed by atoms with Crippen molar-refractivity contribution < 1.29 is 110 Å². The van der Waals surface area contributed by atoms with Crippen molar-refractivity contribution in [3.05, 3.63) is 213 Å². The smallest absolute Gasteiger partial charge is 0.330 e. The van der Waals surface area contributed by atoms with Gasteiger partial charge in [-0.2, -0.15) is 0 Å². The fourth-order valence-electron chi connectivity index (χ4n) is 7.59. The third kappa shape index (κ3) is 35.4. The van der Waals surface area contributed by atoms with Crippen LogP contribution in [0.25, 0.3) is 0 Å². The standard InChI is InChI=1S/C25H28O6.C22H26O4.C18H26O9.C7H12O4/c1-5-23(26)30-15-13-28-21-11-7-9-19(17-21)25(3,4)20-10-8-12-22(18-20)29-14-16-31-24(27)6-2;1-5-21(24)26-15-19(23)14-25-20-11-7-10-18(13-20)22(3,4)17-9-6-8-16(2)12-17;1-5-15(19)22-9-12-25-18(8-4,26-13-10-23-16(20)6-2)27-14-11-24-17(21)7-3;1-3-7(9)11-5-6(8)4-10-2/h5-12,17-18H,1-2,13-16H2,3-4H3;5-13,19,23H,1,14-15H2,2-4H3;5-7H,1-3,8-14H2,4H3;3,6,8H,1,4-5H2,2H3. The van der Waals surface area contributed by atoms with Crippen LogP contribution >= 0.6 is 0 Å². The largest absolute Gasteiger partial charge is 0.491 e. The zero-order valence-corrected chi connectivity index (χ0v) is 55.5. The Labute approximate surface area is 557 Å². The molecule has 23 nitrogen and oxygen atoms in total. The Kier molecular flexibility index (Phi) is 41.7. The summed E-state index contributed by atoms with van der Waals surface area (Å²) >= 11 is 0. The molecule has 4 aromatic carbocycles. The third-order valence-electron chi connectivity index (χ3n) is 12.8. The minimum absolute atomic E-state index is 0.0215. The van der Waals surface area contributed by atoms with Crippen LogP contribution in [0.4, 0.5) is 0 Å². The number of esters is 7. The van der Waals surface area contributed by atoms with Crippen LogP contribution in [0.3, 0.4) is 0 Å². The molecule has 4 aromatic rings. The molecule has 4 rings (SSSR count). The van der Waals surface area contributed by atoms with Gasteiger partial charge in [-0.3, -0.25) is 0 Å². The van der Waals surface area contributed by atoms with Gasteiger partial charge in [0.25, 0.3) is 5.97 Å². The molecule has 0 saturated heterocycles. The van der Waals surface area contributed by atoms with Crippen LogP contribution in [-0.2, 0) is 96.5 Å². The van der Waals surface area contributed by atoms with Crippen molar-refractivity contribution in [1.29, 1.82) is 0 Å². The minimum atomic E-state index is -1.50. The third-order valence-corrected chi connectivity index (χ3v) is 12.8. The average molecular weight is 1330 g/mol. The van der Waals surface area contributed by atoms with Crippen molar-refractivity contribution in [3.63, 3.8) is 0 Å². The maximum absolute atomic E-state index is 11.1. The number of hydrogen-bond acceptors (Lipinski definition) is 23. The van der Waals surface area contributed by atoms with E-state index in [2.05, 4.69) is 120 Å². The van der Waals surface area contributed by atoms with Crippen molar-refractivity contribution >= 4 is 41.8 Å². The lowest BCUT2D eigenvalue weighted by Crippen LogP contribution is -2.41. The van der Waals surface area contributed by atoms with Crippen LogP contribution in [0.5, 0.6) is 17.2 Å². The van der Waals surface area contributed by atoms with Crippen molar-refractivity contribution in [2.45, 2.75) is 77.0 Å². The SMILES string of the molecule is C=CC(=O)OCC(O)COC.C=CC(=O)OCC(O)COc1cccc(C(C)(C)c2cccc(C)c2)c1.C=CC(=O)OCCOC(CC)(OCCOC(=O)C=C)OCCOC(=O)C=C.C=CC(=O)OCCOc1cccc(C(C)(C)c2cccc(OCCOC(=O)C=C)c2)c1. The minimum Gasteiger partial charge on any atom is -0.491 e. The quantitative estimate of drug-likeness (QED) is 0.0138. The normalized spacial score (nSPS) is 11.3. The van der Waals surface area contributed by atoms with Crippen LogP contribution in [0, 0.1) is 6.92 Å². The Morgan fingerprint density at radius 2 is 0.674 bits per heavy atom. The molecule has 0 saturated carbocycles. The number of carbonyl (C=O) groups is 7. The van der Waals surface area contributed by atoms with E-state index in [-0.39, 0.29) is 110 Å². The molecule has 0 aliphatic heterocycles.